The molecular weight excluding hydrogens is 470 g/mol. The summed E-state index contributed by atoms with van der Waals surface area (Å²) in [4.78, 5) is 50.5. The van der Waals surface area contributed by atoms with E-state index in [1.165, 1.54) is 23.7 Å². The van der Waals surface area contributed by atoms with Gasteiger partial charge in [0.15, 0.2) is 0 Å². The van der Waals surface area contributed by atoms with E-state index in [0.29, 0.717) is 27.3 Å². The zero-order valence-corrected chi connectivity index (χ0v) is 19.9. The fraction of sp³-hybridized carbons (Fsp3) is 0.200. The number of nitrogens with one attached hydrogen (secondary N) is 1. The van der Waals surface area contributed by atoms with Crippen LogP contribution in [0.1, 0.15) is 32.6 Å². The smallest absolute Gasteiger partial charge is 0.335 e. The van der Waals surface area contributed by atoms with Gasteiger partial charge in [0.1, 0.15) is 11.0 Å². The number of hydrogen-bond acceptors (Lipinski definition) is 6. The monoisotopic (exact) mass is 493 g/mol. The highest BCUT2D eigenvalue weighted by atomic mass is 32.2. The fourth-order valence-electron chi connectivity index (χ4n) is 4.02. The second kappa shape index (κ2) is 9.30. The van der Waals surface area contributed by atoms with E-state index in [1.54, 1.807) is 37.3 Å². The number of aromatic carboxylic acids is 1. The lowest BCUT2D eigenvalue weighted by atomic mass is 10.0. The molecule has 0 fully saturated rings. The number of carboxylic acid groups (broad SMARTS) is 1. The number of aromatic nitrogens is 2. The van der Waals surface area contributed by atoms with Gasteiger partial charge >= 0.3 is 11.7 Å². The summed E-state index contributed by atoms with van der Waals surface area (Å²) in [5.74, 6) is -1.33. The molecule has 0 radical (unpaired) electrons. The van der Waals surface area contributed by atoms with Gasteiger partial charge < -0.3 is 15.5 Å². The van der Waals surface area contributed by atoms with Crippen molar-refractivity contribution >= 4 is 29.2 Å². The van der Waals surface area contributed by atoms with Crippen LogP contribution in [0.15, 0.2) is 63.7 Å². The summed E-state index contributed by atoms with van der Waals surface area (Å²) in [6.07, 6.45) is 0. The van der Waals surface area contributed by atoms with Crippen LogP contribution >= 0.6 is 11.8 Å². The summed E-state index contributed by atoms with van der Waals surface area (Å²) >= 11 is 1.09. The Morgan fingerprint density at radius 2 is 1.89 bits per heavy atom. The number of amides is 1. The Hall–Kier alpha value is -4.05. The Kier molecular flexibility index (Phi) is 6.40. The van der Waals surface area contributed by atoms with E-state index in [1.807, 2.05) is 0 Å². The molecule has 0 bridgehead atoms. The van der Waals surface area contributed by atoms with Crippen LogP contribution in [0.25, 0.3) is 5.57 Å². The average molecular weight is 494 g/mol. The normalized spacial score (nSPS) is 14.6. The van der Waals surface area contributed by atoms with E-state index in [2.05, 4.69) is 11.9 Å². The molecule has 0 spiro atoms. The highest BCUT2D eigenvalue weighted by Crippen LogP contribution is 2.41. The summed E-state index contributed by atoms with van der Waals surface area (Å²) in [6, 6.07) is 11.1. The number of thioether (sulfide) groups is 1. The molecule has 0 saturated carbocycles. The van der Waals surface area contributed by atoms with Crippen LogP contribution in [0.5, 0.6) is 5.75 Å². The molecular formula is C25H23N3O6S. The number of nitrogens with zero attached hydrogens (tertiary/aromatic N) is 2. The summed E-state index contributed by atoms with van der Waals surface area (Å²) in [6.45, 7) is 5.76. The predicted octanol–water partition coefficient (Wildman–Crippen LogP) is 2.11. The molecule has 1 aliphatic rings. The van der Waals surface area contributed by atoms with Crippen molar-refractivity contribution in [2.45, 2.75) is 30.3 Å². The van der Waals surface area contributed by atoms with Crippen LogP contribution in [-0.2, 0) is 24.9 Å². The van der Waals surface area contributed by atoms with Gasteiger partial charge in [-0.1, -0.05) is 42.6 Å². The van der Waals surface area contributed by atoms with Crippen molar-refractivity contribution in [3.8, 4) is 5.75 Å². The number of phenolic OH excluding ortho intramolecular Hbond substituents is 1. The average Bonchev–Trinajstić information content (AvgIpc) is 3.16. The quantitative estimate of drug-likeness (QED) is 0.448. The second-order valence-corrected chi connectivity index (χ2v) is 9.37. The molecule has 35 heavy (non-hydrogen) atoms. The Morgan fingerprint density at radius 1 is 1.14 bits per heavy atom. The van der Waals surface area contributed by atoms with E-state index in [9.17, 15) is 29.4 Å². The maximum absolute atomic E-state index is 13.3. The van der Waals surface area contributed by atoms with Crippen LogP contribution in [0.3, 0.4) is 0 Å². The maximum Gasteiger partial charge on any atom is 0.335 e. The first-order valence-electron chi connectivity index (χ1n) is 10.7. The zero-order valence-electron chi connectivity index (χ0n) is 19.1. The summed E-state index contributed by atoms with van der Waals surface area (Å²) in [5.41, 5.74) is 1.40. The van der Waals surface area contributed by atoms with E-state index < -0.39 is 22.5 Å². The van der Waals surface area contributed by atoms with Gasteiger partial charge in [0.2, 0.25) is 5.91 Å². The lowest BCUT2D eigenvalue weighted by molar-refractivity contribution is -0.119. The van der Waals surface area contributed by atoms with Gasteiger partial charge in [0.25, 0.3) is 5.56 Å². The first-order chi connectivity index (χ1) is 16.6. The number of aryl methyl sites for hydroxylation is 1. The minimum atomic E-state index is -1.05. The molecule has 180 valence electrons. The van der Waals surface area contributed by atoms with Crippen molar-refractivity contribution in [1.82, 2.24) is 14.5 Å². The molecule has 0 saturated heterocycles. The number of fused-ring (bicyclic) bond motifs is 1. The molecule has 1 aromatic heterocycles. The molecule has 1 amide bonds. The maximum atomic E-state index is 13.3. The summed E-state index contributed by atoms with van der Waals surface area (Å²) in [5, 5.41) is 21.2. The van der Waals surface area contributed by atoms with Gasteiger partial charge in [0, 0.05) is 13.6 Å². The van der Waals surface area contributed by atoms with Crippen LogP contribution < -0.4 is 16.6 Å². The molecule has 1 aliphatic heterocycles. The van der Waals surface area contributed by atoms with Crippen LogP contribution in [-0.4, -0.2) is 36.5 Å². The van der Waals surface area contributed by atoms with Crippen LogP contribution in [0.4, 0.5) is 0 Å². The number of carbonyl (C=O) groups excluding carboxylic acids is 1. The topological polar surface area (TPSA) is 131 Å². The number of carboxylic acids is 1. The SMILES string of the molecule is C=C1c2c(n(C)c(=O)n(Cc3ccc(C(=O)O)c(C)c3)c2=O)SC1C(=O)NCc1cccc(O)c1. The molecule has 2 aromatic carbocycles. The van der Waals surface area contributed by atoms with Gasteiger partial charge in [-0.2, -0.15) is 0 Å². The highest BCUT2D eigenvalue weighted by molar-refractivity contribution is 8.01. The molecule has 3 N–H and O–H groups in total. The van der Waals surface area contributed by atoms with E-state index in [0.717, 1.165) is 16.3 Å². The highest BCUT2D eigenvalue weighted by Gasteiger charge is 2.37. The minimum Gasteiger partial charge on any atom is -0.508 e. The summed E-state index contributed by atoms with van der Waals surface area (Å²) < 4.78 is 2.39. The van der Waals surface area contributed by atoms with Crippen molar-refractivity contribution in [2.24, 2.45) is 7.05 Å². The fourth-order valence-corrected chi connectivity index (χ4v) is 5.27. The minimum absolute atomic E-state index is 0.0498. The number of aromatic hydroxyl groups is 1. The molecule has 9 nitrogen and oxygen atoms in total. The van der Waals surface area contributed by atoms with Crippen molar-refractivity contribution in [3.05, 3.63) is 97.7 Å². The third-order valence-electron chi connectivity index (χ3n) is 5.84. The second-order valence-electron chi connectivity index (χ2n) is 8.28. The van der Waals surface area contributed by atoms with Crippen LogP contribution in [0.2, 0.25) is 0 Å². The molecule has 10 heteroatoms. The van der Waals surface area contributed by atoms with E-state index >= 15 is 0 Å². The molecule has 2 heterocycles. The standard InChI is InChI=1S/C25H23N3O6S/c1-13-9-16(7-8-18(13)24(32)33)12-28-22(31)19-14(2)20(35-23(19)27(3)25(28)34)21(30)26-11-15-5-4-6-17(29)10-15/h4-10,20,29H,2,11-12H2,1,3H3,(H,26,30)(H,32,33). The number of phenols is 1. The van der Waals surface area contributed by atoms with Crippen molar-refractivity contribution in [3.63, 3.8) is 0 Å². The van der Waals surface area contributed by atoms with E-state index in [-0.39, 0.29) is 35.9 Å². The third kappa shape index (κ3) is 4.52. The van der Waals surface area contributed by atoms with Crippen LogP contribution in [0, 0.1) is 6.92 Å². The number of rotatable bonds is 6. The third-order valence-corrected chi connectivity index (χ3v) is 7.28. The molecule has 1 atom stereocenters. The lowest BCUT2D eigenvalue weighted by Crippen LogP contribution is -2.41. The van der Waals surface area contributed by atoms with Crippen molar-refractivity contribution < 1.29 is 19.8 Å². The molecule has 3 aromatic rings. The van der Waals surface area contributed by atoms with Gasteiger partial charge in [-0.3, -0.25) is 18.7 Å². The van der Waals surface area contributed by atoms with Gasteiger partial charge in [-0.05, 0) is 47.4 Å². The molecule has 1 unspecified atom stereocenters. The summed E-state index contributed by atoms with van der Waals surface area (Å²) in [7, 11) is 1.53. The largest absolute Gasteiger partial charge is 0.508 e. The Bertz CT molecular complexity index is 1500. The van der Waals surface area contributed by atoms with Gasteiger partial charge in [-0.25, -0.2) is 9.59 Å². The van der Waals surface area contributed by atoms with Gasteiger partial charge in [0.05, 0.1) is 22.7 Å². The number of hydrogen-bond donors (Lipinski definition) is 3. The van der Waals surface area contributed by atoms with E-state index in [4.69, 9.17) is 0 Å². The molecule has 4 rings (SSSR count). The number of benzene rings is 2. The predicted molar refractivity (Wildman–Crippen MR) is 132 cm³/mol. The lowest BCUT2D eigenvalue weighted by Gasteiger charge is -2.12. The van der Waals surface area contributed by atoms with Crippen molar-refractivity contribution in [1.29, 1.82) is 0 Å². The molecule has 0 aliphatic carbocycles. The first-order valence-corrected chi connectivity index (χ1v) is 11.5. The number of carbonyl (C=O) groups is 2. The first kappa shape index (κ1) is 24.1. The van der Waals surface area contributed by atoms with Crippen molar-refractivity contribution in [2.75, 3.05) is 0 Å². The van der Waals surface area contributed by atoms with Gasteiger partial charge in [-0.15, -0.1) is 0 Å². The Balaban J connectivity index is 1.61. The zero-order chi connectivity index (χ0) is 25.4. The Morgan fingerprint density at radius 3 is 2.54 bits per heavy atom. The Labute approximate surface area is 204 Å².